The number of rotatable bonds is 1. The first-order chi connectivity index (χ1) is 7.60. The van der Waals surface area contributed by atoms with Crippen LogP contribution in [0.15, 0.2) is 23.3 Å². The summed E-state index contributed by atoms with van der Waals surface area (Å²) in [5.74, 6) is -0.762. The molecule has 0 aliphatic heterocycles. The van der Waals surface area contributed by atoms with Crippen molar-refractivity contribution in [3.63, 3.8) is 0 Å². The van der Waals surface area contributed by atoms with Gasteiger partial charge in [0.15, 0.2) is 5.82 Å². The van der Waals surface area contributed by atoms with Crippen molar-refractivity contribution >= 4 is 22.6 Å². The van der Waals surface area contributed by atoms with Gasteiger partial charge in [0.2, 0.25) is 5.17 Å². The monoisotopic (exact) mass is 276 g/mol. The number of halogens is 7. The van der Waals surface area contributed by atoms with E-state index in [4.69, 9.17) is 11.6 Å². The van der Waals surface area contributed by atoms with Crippen LogP contribution in [0.1, 0.15) is 5.56 Å². The third kappa shape index (κ3) is 3.88. The van der Waals surface area contributed by atoms with Gasteiger partial charge < -0.3 is 0 Å². The van der Waals surface area contributed by atoms with Gasteiger partial charge in [-0.25, -0.2) is 9.98 Å². The van der Waals surface area contributed by atoms with E-state index in [0.29, 0.717) is 18.3 Å². The van der Waals surface area contributed by atoms with E-state index in [2.05, 4.69) is 9.98 Å². The maximum absolute atomic E-state index is 12.2. The van der Waals surface area contributed by atoms with Gasteiger partial charge in [-0.15, -0.1) is 0 Å². The Balaban J connectivity index is 3.10. The van der Waals surface area contributed by atoms with Gasteiger partial charge in [0.05, 0.1) is 5.56 Å². The summed E-state index contributed by atoms with van der Waals surface area (Å²) in [7, 11) is 0. The lowest BCUT2D eigenvalue weighted by Crippen LogP contribution is -2.16. The third-order valence-electron chi connectivity index (χ3n) is 1.52. The Morgan fingerprint density at radius 2 is 1.76 bits per heavy atom. The zero-order valence-electron chi connectivity index (χ0n) is 7.77. The van der Waals surface area contributed by atoms with Crippen LogP contribution in [0.2, 0.25) is 0 Å². The van der Waals surface area contributed by atoms with Crippen LogP contribution < -0.4 is 0 Å². The maximum atomic E-state index is 12.2. The Labute approximate surface area is 95.9 Å². The summed E-state index contributed by atoms with van der Waals surface area (Å²) in [5, 5.41) is -1.79. The highest BCUT2D eigenvalue weighted by molar-refractivity contribution is 6.67. The third-order valence-corrected chi connectivity index (χ3v) is 1.82. The van der Waals surface area contributed by atoms with Gasteiger partial charge in [0.25, 0.3) is 0 Å². The second-order valence-corrected chi connectivity index (χ2v) is 3.16. The molecule has 0 N–H and O–H groups in total. The molecule has 0 bridgehead atoms. The first-order valence-electron chi connectivity index (χ1n) is 3.95. The zero-order chi connectivity index (χ0) is 13.3. The fourth-order valence-electron chi connectivity index (χ4n) is 0.820. The van der Waals surface area contributed by atoms with E-state index < -0.39 is 28.9 Å². The summed E-state index contributed by atoms with van der Waals surface area (Å²) in [5.41, 5.74) is -1.15. The Bertz CT molecular complexity index is 436. The van der Waals surface area contributed by atoms with Gasteiger partial charge in [0.1, 0.15) is 0 Å². The average Bonchev–Trinajstić information content (AvgIpc) is 2.15. The summed E-state index contributed by atoms with van der Waals surface area (Å²) >= 11 is 4.76. The minimum Gasteiger partial charge on any atom is -0.237 e. The molecule has 2 nitrogen and oxygen atoms in total. The van der Waals surface area contributed by atoms with Gasteiger partial charge in [-0.2, -0.15) is 26.3 Å². The van der Waals surface area contributed by atoms with Gasteiger partial charge in [0, 0.05) is 6.20 Å². The molecule has 1 aromatic rings. The predicted molar refractivity (Wildman–Crippen MR) is 48.2 cm³/mol. The lowest BCUT2D eigenvalue weighted by atomic mass is 10.2. The highest BCUT2D eigenvalue weighted by atomic mass is 35.5. The van der Waals surface area contributed by atoms with Crippen LogP contribution in [-0.4, -0.2) is 16.3 Å². The molecule has 0 radical (unpaired) electrons. The molecular formula is C8H3ClF6N2. The fourth-order valence-corrected chi connectivity index (χ4v) is 0.906. The normalized spacial score (nSPS) is 13.9. The standard InChI is InChI=1S/C8H3ClF6N2/c9-6(8(13,14)15)17-5-3-4(1-2-16-5)7(10,11)12/h1-3H. The molecule has 0 aromatic carbocycles. The van der Waals surface area contributed by atoms with Crippen LogP contribution in [0.5, 0.6) is 0 Å². The topological polar surface area (TPSA) is 25.2 Å². The average molecular weight is 277 g/mol. The van der Waals surface area contributed by atoms with Crippen molar-refractivity contribution in [2.75, 3.05) is 0 Å². The summed E-state index contributed by atoms with van der Waals surface area (Å²) in [6.07, 6.45) is -8.91. The Kier molecular flexibility index (Phi) is 3.65. The van der Waals surface area contributed by atoms with Crippen LogP contribution in [0, 0.1) is 0 Å². The number of hydrogen-bond acceptors (Lipinski definition) is 2. The predicted octanol–water partition coefficient (Wildman–Crippen LogP) is 3.93. The first-order valence-corrected chi connectivity index (χ1v) is 4.33. The van der Waals surface area contributed by atoms with Crippen molar-refractivity contribution < 1.29 is 26.3 Å². The number of aromatic nitrogens is 1. The molecule has 0 saturated carbocycles. The number of pyridine rings is 1. The lowest BCUT2D eigenvalue weighted by molar-refractivity contribution is -0.137. The van der Waals surface area contributed by atoms with E-state index >= 15 is 0 Å². The van der Waals surface area contributed by atoms with Gasteiger partial charge in [-0.1, -0.05) is 11.6 Å². The molecule has 1 heterocycles. The molecule has 0 fully saturated rings. The highest BCUT2D eigenvalue weighted by Crippen LogP contribution is 2.31. The van der Waals surface area contributed by atoms with E-state index in [1.807, 2.05) is 0 Å². The van der Waals surface area contributed by atoms with Crippen LogP contribution in [0.25, 0.3) is 0 Å². The molecule has 0 unspecified atom stereocenters. The molecule has 0 saturated heterocycles. The molecule has 0 aliphatic carbocycles. The SMILES string of the molecule is FC(F)(F)C(Cl)=Nc1cc(C(F)(F)F)ccn1. The van der Waals surface area contributed by atoms with E-state index in [9.17, 15) is 26.3 Å². The number of nitrogens with zero attached hydrogens (tertiary/aromatic N) is 2. The molecule has 17 heavy (non-hydrogen) atoms. The largest absolute Gasteiger partial charge is 0.444 e. The molecule has 0 atom stereocenters. The molecule has 0 spiro atoms. The lowest BCUT2D eigenvalue weighted by Gasteiger charge is -2.06. The molecule has 94 valence electrons. The van der Waals surface area contributed by atoms with Crippen molar-refractivity contribution in [1.82, 2.24) is 4.98 Å². The van der Waals surface area contributed by atoms with E-state index in [0.717, 1.165) is 0 Å². The molecule has 0 aliphatic rings. The minimum atomic E-state index is -4.92. The molecule has 1 rings (SSSR count). The van der Waals surface area contributed by atoms with Crippen LogP contribution in [0.3, 0.4) is 0 Å². The van der Waals surface area contributed by atoms with Crippen molar-refractivity contribution in [3.05, 3.63) is 23.9 Å². The second kappa shape index (κ2) is 4.52. The Morgan fingerprint density at radius 1 is 1.18 bits per heavy atom. The smallest absolute Gasteiger partial charge is 0.237 e. The number of aliphatic imine (C=N–C) groups is 1. The second-order valence-electron chi connectivity index (χ2n) is 2.80. The Morgan fingerprint density at radius 3 is 2.24 bits per heavy atom. The van der Waals surface area contributed by atoms with Crippen LogP contribution in [-0.2, 0) is 6.18 Å². The first kappa shape index (κ1) is 13.8. The molecule has 1 aromatic heterocycles. The van der Waals surface area contributed by atoms with Gasteiger partial charge >= 0.3 is 12.4 Å². The molecular weight excluding hydrogens is 274 g/mol. The Hall–Kier alpha value is -1.31. The minimum absolute atomic E-state index is 0.369. The maximum Gasteiger partial charge on any atom is 0.444 e. The van der Waals surface area contributed by atoms with Crippen molar-refractivity contribution in [1.29, 1.82) is 0 Å². The van der Waals surface area contributed by atoms with Crippen LogP contribution in [0.4, 0.5) is 32.2 Å². The summed E-state index contributed by atoms with van der Waals surface area (Å²) < 4.78 is 72.5. The summed E-state index contributed by atoms with van der Waals surface area (Å²) in [6, 6.07) is 0.981. The fraction of sp³-hybridized carbons (Fsp3) is 0.250. The van der Waals surface area contributed by atoms with E-state index in [1.165, 1.54) is 0 Å². The van der Waals surface area contributed by atoms with E-state index in [-0.39, 0.29) is 0 Å². The highest BCUT2D eigenvalue weighted by Gasteiger charge is 2.35. The molecule has 0 amide bonds. The summed E-state index contributed by atoms with van der Waals surface area (Å²) in [6.45, 7) is 0. The number of hydrogen-bond donors (Lipinski definition) is 0. The van der Waals surface area contributed by atoms with Crippen molar-refractivity contribution in [3.8, 4) is 0 Å². The summed E-state index contributed by atoms with van der Waals surface area (Å²) in [4.78, 5) is 5.98. The zero-order valence-corrected chi connectivity index (χ0v) is 8.53. The van der Waals surface area contributed by atoms with Crippen molar-refractivity contribution in [2.45, 2.75) is 12.4 Å². The van der Waals surface area contributed by atoms with E-state index in [1.54, 1.807) is 0 Å². The quantitative estimate of drug-likeness (QED) is 0.563. The van der Waals surface area contributed by atoms with Crippen molar-refractivity contribution in [2.24, 2.45) is 4.99 Å². The molecule has 9 heteroatoms. The van der Waals surface area contributed by atoms with Crippen LogP contribution >= 0.6 is 11.6 Å². The number of alkyl halides is 6. The van der Waals surface area contributed by atoms with Gasteiger partial charge in [-0.05, 0) is 12.1 Å². The van der Waals surface area contributed by atoms with Gasteiger partial charge in [-0.3, -0.25) is 0 Å².